The molecular weight excluding hydrogens is 452 g/mol. The second kappa shape index (κ2) is 11.9. The van der Waals surface area contributed by atoms with Gasteiger partial charge in [0.25, 0.3) is 0 Å². The van der Waals surface area contributed by atoms with Gasteiger partial charge in [0.1, 0.15) is 12.6 Å². The van der Waals surface area contributed by atoms with E-state index in [1.54, 1.807) is 0 Å². The van der Waals surface area contributed by atoms with Gasteiger partial charge in [-0.05, 0) is 46.6 Å². The molecule has 0 saturated heterocycles. The van der Waals surface area contributed by atoms with E-state index in [9.17, 15) is 19.5 Å². The molecule has 34 heavy (non-hydrogen) atoms. The average Bonchev–Trinajstić information content (AvgIpc) is 3.13. The lowest BCUT2D eigenvalue weighted by Crippen LogP contribution is -2.46. The summed E-state index contributed by atoms with van der Waals surface area (Å²) in [4.78, 5) is 36.5. The summed E-state index contributed by atoms with van der Waals surface area (Å²) in [5.41, 5.74) is 4.55. The normalized spacial score (nSPS) is 14.1. The molecule has 0 fully saturated rings. The number of benzene rings is 2. The van der Waals surface area contributed by atoms with Crippen molar-refractivity contribution in [2.75, 3.05) is 18.6 Å². The summed E-state index contributed by atoms with van der Waals surface area (Å²) in [5.74, 6) is -0.936. The third-order valence-electron chi connectivity index (χ3n) is 6.10. The number of hydrogen-bond acceptors (Lipinski definition) is 5. The number of fused-ring (bicyclic) bond motifs is 3. The van der Waals surface area contributed by atoms with Crippen molar-refractivity contribution in [2.24, 2.45) is 5.92 Å². The fourth-order valence-electron chi connectivity index (χ4n) is 4.19. The highest BCUT2D eigenvalue weighted by molar-refractivity contribution is 7.98. The Balaban J connectivity index is 1.58. The van der Waals surface area contributed by atoms with E-state index in [1.807, 2.05) is 44.4 Å². The van der Waals surface area contributed by atoms with E-state index < -0.39 is 30.1 Å². The number of carbonyl (C=O) groups is 3. The highest BCUT2D eigenvalue weighted by atomic mass is 32.2. The molecule has 0 unspecified atom stereocenters. The molecule has 0 spiro atoms. The first kappa shape index (κ1) is 25.6. The van der Waals surface area contributed by atoms with Crippen LogP contribution in [0.15, 0.2) is 48.5 Å². The Kier molecular flexibility index (Phi) is 8.98. The van der Waals surface area contributed by atoms with Gasteiger partial charge in [0, 0.05) is 18.4 Å². The minimum atomic E-state index is -1.06. The van der Waals surface area contributed by atoms with Crippen molar-refractivity contribution in [3.8, 4) is 11.1 Å². The standard InChI is InChI=1S/C26H32N2O5S/c1-16(2)23(14-24(29)27-22(25(30)31)12-13-34-3)28-26(32)33-15-21-19-10-6-4-8-17(19)18-9-5-7-11-20(18)21/h4-11,16,21-23H,12-15H2,1-3H3,(H,27,29)(H,28,32)(H,30,31)/t22-,23-/m1/s1. The van der Waals surface area contributed by atoms with Gasteiger partial charge >= 0.3 is 12.1 Å². The summed E-state index contributed by atoms with van der Waals surface area (Å²) in [7, 11) is 0. The molecule has 7 nitrogen and oxygen atoms in total. The Morgan fingerprint density at radius 2 is 1.59 bits per heavy atom. The van der Waals surface area contributed by atoms with Crippen LogP contribution in [0.3, 0.4) is 0 Å². The number of aliphatic carboxylic acids is 1. The Morgan fingerprint density at radius 3 is 2.12 bits per heavy atom. The first-order chi connectivity index (χ1) is 16.3. The lowest BCUT2D eigenvalue weighted by molar-refractivity contribution is -0.142. The Labute approximate surface area is 204 Å². The van der Waals surface area contributed by atoms with Gasteiger partial charge in [-0.2, -0.15) is 11.8 Å². The molecule has 0 bridgehead atoms. The third kappa shape index (κ3) is 6.32. The number of thioether (sulfide) groups is 1. The quantitative estimate of drug-likeness (QED) is 0.440. The lowest BCUT2D eigenvalue weighted by atomic mass is 9.98. The highest BCUT2D eigenvalue weighted by Gasteiger charge is 2.30. The molecule has 3 N–H and O–H groups in total. The topological polar surface area (TPSA) is 105 Å². The minimum absolute atomic E-state index is 0.0229. The van der Waals surface area contributed by atoms with Crippen LogP contribution in [-0.4, -0.2) is 53.8 Å². The van der Waals surface area contributed by atoms with E-state index in [4.69, 9.17) is 4.74 Å². The van der Waals surface area contributed by atoms with Gasteiger partial charge in [-0.25, -0.2) is 9.59 Å². The molecule has 8 heteroatoms. The van der Waals surface area contributed by atoms with Gasteiger partial charge in [-0.3, -0.25) is 4.79 Å². The molecule has 0 aromatic heterocycles. The maximum Gasteiger partial charge on any atom is 0.407 e. The molecule has 0 aliphatic heterocycles. The van der Waals surface area contributed by atoms with Gasteiger partial charge in [-0.1, -0.05) is 62.4 Å². The van der Waals surface area contributed by atoms with Gasteiger partial charge in [0.2, 0.25) is 5.91 Å². The maximum atomic E-state index is 12.6. The number of hydrogen-bond donors (Lipinski definition) is 3. The lowest BCUT2D eigenvalue weighted by Gasteiger charge is -2.23. The summed E-state index contributed by atoms with van der Waals surface area (Å²) in [6, 6.07) is 14.8. The zero-order valence-corrected chi connectivity index (χ0v) is 20.6. The molecule has 1 aliphatic rings. The number of carboxylic acid groups (broad SMARTS) is 1. The van der Waals surface area contributed by atoms with Crippen LogP contribution in [0.1, 0.15) is 43.7 Å². The molecular formula is C26H32N2O5S. The van der Waals surface area contributed by atoms with E-state index >= 15 is 0 Å². The van der Waals surface area contributed by atoms with Crippen LogP contribution in [0.2, 0.25) is 0 Å². The minimum Gasteiger partial charge on any atom is -0.480 e. The summed E-state index contributed by atoms with van der Waals surface area (Å²) >= 11 is 1.52. The molecule has 2 aromatic carbocycles. The summed E-state index contributed by atoms with van der Waals surface area (Å²) in [5, 5.41) is 14.7. The van der Waals surface area contributed by atoms with Gasteiger partial charge in [0.15, 0.2) is 0 Å². The van der Waals surface area contributed by atoms with Crippen LogP contribution in [0, 0.1) is 5.92 Å². The SMILES string of the molecule is CSCC[C@@H](NC(=O)C[C@@H](NC(=O)OCC1c2ccccc2-c2ccccc21)C(C)C)C(=O)O. The molecule has 0 radical (unpaired) electrons. The van der Waals surface area contributed by atoms with Crippen molar-refractivity contribution >= 4 is 29.7 Å². The first-order valence-corrected chi connectivity index (χ1v) is 12.8. The molecule has 2 atom stereocenters. The van der Waals surface area contributed by atoms with Gasteiger partial charge < -0.3 is 20.5 Å². The third-order valence-corrected chi connectivity index (χ3v) is 6.74. The predicted molar refractivity (Wildman–Crippen MR) is 134 cm³/mol. The van der Waals surface area contributed by atoms with E-state index in [0.717, 1.165) is 22.3 Å². The first-order valence-electron chi connectivity index (χ1n) is 11.4. The number of amides is 2. The van der Waals surface area contributed by atoms with Crippen LogP contribution in [-0.2, 0) is 14.3 Å². The largest absolute Gasteiger partial charge is 0.480 e. The fraction of sp³-hybridized carbons (Fsp3) is 0.423. The fourth-order valence-corrected chi connectivity index (χ4v) is 4.66. The monoisotopic (exact) mass is 484 g/mol. The Hall–Kier alpha value is -3.00. The molecule has 2 aromatic rings. The maximum absolute atomic E-state index is 12.6. The van der Waals surface area contributed by atoms with Crippen molar-refractivity contribution in [3.05, 3.63) is 59.7 Å². The molecule has 182 valence electrons. The highest BCUT2D eigenvalue weighted by Crippen LogP contribution is 2.44. The Morgan fingerprint density at radius 1 is 1.00 bits per heavy atom. The number of carboxylic acids is 1. The van der Waals surface area contributed by atoms with Crippen molar-refractivity contribution in [1.82, 2.24) is 10.6 Å². The Bertz CT molecular complexity index is 980. The smallest absolute Gasteiger partial charge is 0.407 e. The zero-order chi connectivity index (χ0) is 24.7. The van der Waals surface area contributed by atoms with Crippen molar-refractivity contribution < 1.29 is 24.2 Å². The second-order valence-electron chi connectivity index (χ2n) is 8.76. The van der Waals surface area contributed by atoms with Crippen LogP contribution in [0.5, 0.6) is 0 Å². The molecule has 1 aliphatic carbocycles. The van der Waals surface area contributed by atoms with E-state index in [2.05, 4.69) is 34.9 Å². The predicted octanol–water partition coefficient (Wildman–Crippen LogP) is 4.26. The van der Waals surface area contributed by atoms with Crippen molar-refractivity contribution in [3.63, 3.8) is 0 Å². The molecule has 2 amide bonds. The van der Waals surface area contributed by atoms with Gasteiger partial charge in [0.05, 0.1) is 0 Å². The average molecular weight is 485 g/mol. The number of ether oxygens (including phenoxy) is 1. The zero-order valence-electron chi connectivity index (χ0n) is 19.7. The number of nitrogens with one attached hydrogen (secondary N) is 2. The number of alkyl carbamates (subject to hydrolysis) is 1. The molecule has 0 heterocycles. The van der Waals surface area contributed by atoms with Crippen LogP contribution in [0.25, 0.3) is 11.1 Å². The van der Waals surface area contributed by atoms with Crippen molar-refractivity contribution in [2.45, 2.75) is 44.7 Å². The second-order valence-corrected chi connectivity index (χ2v) is 9.75. The van der Waals surface area contributed by atoms with E-state index in [0.29, 0.717) is 12.2 Å². The summed E-state index contributed by atoms with van der Waals surface area (Å²) in [6.45, 7) is 3.97. The van der Waals surface area contributed by atoms with Gasteiger partial charge in [-0.15, -0.1) is 0 Å². The number of rotatable bonds is 11. The van der Waals surface area contributed by atoms with Crippen LogP contribution >= 0.6 is 11.8 Å². The van der Waals surface area contributed by atoms with Crippen LogP contribution in [0.4, 0.5) is 4.79 Å². The van der Waals surface area contributed by atoms with Crippen LogP contribution < -0.4 is 10.6 Å². The van der Waals surface area contributed by atoms with Crippen molar-refractivity contribution in [1.29, 1.82) is 0 Å². The number of carbonyl (C=O) groups excluding carboxylic acids is 2. The summed E-state index contributed by atoms with van der Waals surface area (Å²) < 4.78 is 5.60. The molecule has 0 saturated carbocycles. The van der Waals surface area contributed by atoms with E-state index in [1.165, 1.54) is 11.8 Å². The summed E-state index contributed by atoms with van der Waals surface area (Å²) in [6.07, 6.45) is 1.61. The van der Waals surface area contributed by atoms with E-state index in [-0.39, 0.29) is 24.9 Å². The molecule has 3 rings (SSSR count).